The summed E-state index contributed by atoms with van der Waals surface area (Å²) in [5.41, 5.74) is 3.43. The van der Waals surface area contributed by atoms with E-state index in [1.807, 2.05) is 38.4 Å². The maximum atomic E-state index is 12.3. The standard InChI is InChI=1S/C18H23N3O4/c1-11-7-15(25-10-18(23)24)5-6-16(11)19-17(22)9-14(4)21-13(3)8-12(2)20-21/h5-8,14H,9-10H2,1-4H3,(H,19,22)(H,23,24). The summed E-state index contributed by atoms with van der Waals surface area (Å²) in [5.74, 6) is -0.690. The average Bonchev–Trinajstić information content (AvgIpc) is 2.86. The van der Waals surface area contributed by atoms with Crippen LogP contribution in [0.25, 0.3) is 0 Å². The minimum atomic E-state index is -1.03. The molecule has 0 spiro atoms. The van der Waals surface area contributed by atoms with Crippen LogP contribution in [0.4, 0.5) is 5.69 Å². The number of carboxylic acid groups (broad SMARTS) is 1. The topological polar surface area (TPSA) is 93.5 Å². The zero-order chi connectivity index (χ0) is 18.6. The molecule has 0 aliphatic heterocycles. The van der Waals surface area contributed by atoms with E-state index >= 15 is 0 Å². The Morgan fingerprint density at radius 1 is 1.28 bits per heavy atom. The number of carbonyl (C=O) groups is 2. The highest BCUT2D eigenvalue weighted by atomic mass is 16.5. The Kier molecular flexibility index (Phi) is 5.80. The smallest absolute Gasteiger partial charge is 0.341 e. The lowest BCUT2D eigenvalue weighted by atomic mass is 10.1. The summed E-state index contributed by atoms with van der Waals surface area (Å²) in [6, 6.07) is 6.97. The Morgan fingerprint density at radius 2 is 2.00 bits per heavy atom. The second-order valence-corrected chi connectivity index (χ2v) is 6.13. The molecule has 7 nitrogen and oxygen atoms in total. The number of ether oxygens (including phenoxy) is 1. The second-order valence-electron chi connectivity index (χ2n) is 6.13. The SMILES string of the molecule is Cc1cc(C)n(C(C)CC(=O)Nc2ccc(OCC(=O)O)cc2C)n1. The van der Waals surface area contributed by atoms with Crippen LogP contribution in [0.15, 0.2) is 24.3 Å². The van der Waals surface area contributed by atoms with E-state index in [9.17, 15) is 9.59 Å². The van der Waals surface area contributed by atoms with Crippen LogP contribution in [-0.2, 0) is 9.59 Å². The Bertz CT molecular complexity index is 783. The van der Waals surface area contributed by atoms with Gasteiger partial charge in [-0.05, 0) is 57.5 Å². The van der Waals surface area contributed by atoms with E-state index in [2.05, 4.69) is 10.4 Å². The monoisotopic (exact) mass is 345 g/mol. The Labute approximate surface area is 146 Å². The summed E-state index contributed by atoms with van der Waals surface area (Å²) >= 11 is 0. The van der Waals surface area contributed by atoms with Crippen LogP contribution in [0.1, 0.15) is 36.3 Å². The van der Waals surface area contributed by atoms with Crippen LogP contribution >= 0.6 is 0 Å². The molecule has 25 heavy (non-hydrogen) atoms. The summed E-state index contributed by atoms with van der Waals surface area (Å²) in [4.78, 5) is 22.8. The van der Waals surface area contributed by atoms with Gasteiger partial charge in [-0.25, -0.2) is 4.79 Å². The van der Waals surface area contributed by atoms with Crippen molar-refractivity contribution >= 4 is 17.6 Å². The number of carbonyl (C=O) groups excluding carboxylic acids is 1. The molecule has 0 bridgehead atoms. The Morgan fingerprint density at radius 3 is 2.56 bits per heavy atom. The highest BCUT2D eigenvalue weighted by Crippen LogP contribution is 2.22. The first-order valence-corrected chi connectivity index (χ1v) is 8.04. The second kappa shape index (κ2) is 7.83. The van der Waals surface area contributed by atoms with Gasteiger partial charge in [0.1, 0.15) is 5.75 Å². The van der Waals surface area contributed by atoms with E-state index < -0.39 is 12.6 Å². The first-order valence-electron chi connectivity index (χ1n) is 8.04. The molecule has 134 valence electrons. The lowest BCUT2D eigenvalue weighted by Crippen LogP contribution is -2.19. The number of aryl methyl sites for hydroxylation is 3. The van der Waals surface area contributed by atoms with E-state index in [1.54, 1.807) is 18.2 Å². The molecule has 2 N–H and O–H groups in total. The van der Waals surface area contributed by atoms with Crippen LogP contribution < -0.4 is 10.1 Å². The van der Waals surface area contributed by atoms with E-state index in [4.69, 9.17) is 9.84 Å². The molecule has 0 aliphatic rings. The van der Waals surface area contributed by atoms with Crippen molar-refractivity contribution in [2.75, 3.05) is 11.9 Å². The normalized spacial score (nSPS) is 11.8. The molecule has 0 fully saturated rings. The molecule has 0 saturated heterocycles. The molecule has 2 rings (SSSR count). The quantitative estimate of drug-likeness (QED) is 0.805. The molecule has 7 heteroatoms. The predicted octanol–water partition coefficient (Wildman–Crippen LogP) is 2.86. The fourth-order valence-corrected chi connectivity index (χ4v) is 2.66. The fraction of sp³-hybridized carbons (Fsp3) is 0.389. The lowest BCUT2D eigenvalue weighted by molar-refractivity contribution is -0.139. The van der Waals surface area contributed by atoms with Gasteiger partial charge in [0.15, 0.2) is 6.61 Å². The van der Waals surface area contributed by atoms with Crippen LogP contribution in [0.2, 0.25) is 0 Å². The number of hydrogen-bond donors (Lipinski definition) is 2. The van der Waals surface area contributed by atoms with Gasteiger partial charge in [-0.3, -0.25) is 9.48 Å². The van der Waals surface area contributed by atoms with Gasteiger partial charge in [0.05, 0.1) is 11.7 Å². The molecule has 0 aliphatic carbocycles. The third-order valence-electron chi connectivity index (χ3n) is 3.78. The van der Waals surface area contributed by atoms with Crippen LogP contribution in [-0.4, -0.2) is 33.4 Å². The number of aliphatic carboxylic acids is 1. The first-order chi connectivity index (χ1) is 11.8. The number of nitrogens with zero attached hydrogens (tertiary/aromatic N) is 2. The van der Waals surface area contributed by atoms with Crippen molar-refractivity contribution in [3.8, 4) is 5.75 Å². The molecule has 1 unspecified atom stereocenters. The minimum absolute atomic E-state index is 0.0489. The minimum Gasteiger partial charge on any atom is -0.482 e. The van der Waals surface area contributed by atoms with Crippen molar-refractivity contribution in [1.29, 1.82) is 0 Å². The molecule has 1 heterocycles. The summed E-state index contributed by atoms with van der Waals surface area (Å²) < 4.78 is 6.97. The van der Waals surface area contributed by atoms with Gasteiger partial charge in [0, 0.05) is 17.8 Å². The number of nitrogens with one attached hydrogen (secondary N) is 1. The molecule has 1 aromatic heterocycles. The summed E-state index contributed by atoms with van der Waals surface area (Å²) in [7, 11) is 0. The van der Waals surface area contributed by atoms with Crippen molar-refractivity contribution in [2.24, 2.45) is 0 Å². The van der Waals surface area contributed by atoms with E-state index in [1.165, 1.54) is 0 Å². The first kappa shape index (κ1) is 18.5. The molecular formula is C18H23N3O4. The zero-order valence-electron chi connectivity index (χ0n) is 14.9. The van der Waals surface area contributed by atoms with E-state index in [0.717, 1.165) is 17.0 Å². The number of benzene rings is 1. The molecule has 0 radical (unpaired) electrons. The maximum Gasteiger partial charge on any atom is 0.341 e. The van der Waals surface area contributed by atoms with Gasteiger partial charge in [0.25, 0.3) is 0 Å². The third-order valence-corrected chi connectivity index (χ3v) is 3.78. The highest BCUT2D eigenvalue weighted by Gasteiger charge is 2.15. The highest BCUT2D eigenvalue weighted by molar-refractivity contribution is 5.91. The van der Waals surface area contributed by atoms with Crippen molar-refractivity contribution in [2.45, 2.75) is 40.2 Å². The number of anilines is 1. The van der Waals surface area contributed by atoms with Crippen LogP contribution in [0.5, 0.6) is 5.75 Å². The maximum absolute atomic E-state index is 12.3. The number of aromatic nitrogens is 2. The summed E-state index contributed by atoms with van der Waals surface area (Å²) in [6.07, 6.45) is 0.304. The predicted molar refractivity (Wildman–Crippen MR) is 94.0 cm³/mol. The largest absolute Gasteiger partial charge is 0.482 e. The fourth-order valence-electron chi connectivity index (χ4n) is 2.66. The van der Waals surface area contributed by atoms with Gasteiger partial charge in [-0.15, -0.1) is 0 Å². The molecule has 0 saturated carbocycles. The number of carboxylic acids is 1. The number of hydrogen-bond acceptors (Lipinski definition) is 4. The van der Waals surface area contributed by atoms with E-state index in [0.29, 0.717) is 17.9 Å². The van der Waals surface area contributed by atoms with Crippen LogP contribution in [0.3, 0.4) is 0 Å². The average molecular weight is 345 g/mol. The molecule has 2 aromatic rings. The lowest BCUT2D eigenvalue weighted by Gasteiger charge is -2.15. The molecule has 1 aromatic carbocycles. The number of amides is 1. The Balaban J connectivity index is 1.98. The van der Waals surface area contributed by atoms with Crippen LogP contribution in [0, 0.1) is 20.8 Å². The van der Waals surface area contributed by atoms with Gasteiger partial charge < -0.3 is 15.2 Å². The Hall–Kier alpha value is -2.83. The molecular weight excluding hydrogens is 322 g/mol. The van der Waals surface area contributed by atoms with E-state index in [-0.39, 0.29) is 11.9 Å². The third kappa shape index (κ3) is 5.07. The van der Waals surface area contributed by atoms with Crippen molar-refractivity contribution in [1.82, 2.24) is 9.78 Å². The van der Waals surface area contributed by atoms with Crippen molar-refractivity contribution < 1.29 is 19.4 Å². The van der Waals surface area contributed by atoms with Gasteiger partial charge in [0.2, 0.25) is 5.91 Å². The van der Waals surface area contributed by atoms with Crippen molar-refractivity contribution in [3.63, 3.8) is 0 Å². The number of rotatable bonds is 7. The summed E-state index contributed by atoms with van der Waals surface area (Å²) in [6.45, 7) is 7.27. The van der Waals surface area contributed by atoms with Gasteiger partial charge in [-0.1, -0.05) is 0 Å². The molecule has 1 atom stereocenters. The summed E-state index contributed by atoms with van der Waals surface area (Å²) in [5, 5.41) is 15.9. The molecule has 1 amide bonds. The van der Waals surface area contributed by atoms with Gasteiger partial charge in [-0.2, -0.15) is 5.10 Å². The van der Waals surface area contributed by atoms with Crippen molar-refractivity contribution in [3.05, 3.63) is 41.2 Å². The zero-order valence-corrected chi connectivity index (χ0v) is 14.9. The van der Waals surface area contributed by atoms with Gasteiger partial charge >= 0.3 is 5.97 Å².